The fourth-order valence-electron chi connectivity index (χ4n) is 2.49. The Hall–Kier alpha value is -2.28. The Morgan fingerprint density at radius 2 is 2.05 bits per heavy atom. The van der Waals surface area contributed by atoms with E-state index in [2.05, 4.69) is 19.9 Å². The minimum absolute atomic E-state index is 0.188. The average molecular weight is 303 g/mol. The zero-order chi connectivity index (χ0) is 15.5. The zero-order valence-electron chi connectivity index (χ0n) is 12.6. The molecule has 1 atom stereocenters. The normalized spacial score (nSPS) is 18.3. The van der Waals surface area contributed by atoms with Crippen molar-refractivity contribution in [2.24, 2.45) is 0 Å². The van der Waals surface area contributed by atoms with E-state index in [1.807, 2.05) is 19.0 Å². The standard InChI is InChI=1S/C15H18FN5O/c1-20(2)15-14(17-5-6-18-15)12-10-21(7-8-22-12)13-4-3-11(16)9-19-13/h3-6,9,12H,7-8,10H2,1-2H3/t12-/m1/s1. The third kappa shape index (κ3) is 2.99. The predicted molar refractivity (Wildman–Crippen MR) is 81.5 cm³/mol. The molecule has 2 aromatic rings. The third-order valence-corrected chi connectivity index (χ3v) is 3.54. The first-order valence-electron chi connectivity index (χ1n) is 7.11. The third-order valence-electron chi connectivity index (χ3n) is 3.54. The number of aromatic nitrogens is 3. The molecule has 3 heterocycles. The maximum Gasteiger partial charge on any atom is 0.152 e. The summed E-state index contributed by atoms with van der Waals surface area (Å²) >= 11 is 0. The molecule has 0 bridgehead atoms. The summed E-state index contributed by atoms with van der Waals surface area (Å²) in [5, 5.41) is 0. The number of nitrogens with zero attached hydrogens (tertiary/aromatic N) is 5. The Morgan fingerprint density at radius 1 is 1.23 bits per heavy atom. The number of hydrogen-bond donors (Lipinski definition) is 0. The lowest BCUT2D eigenvalue weighted by Crippen LogP contribution is -2.39. The summed E-state index contributed by atoms with van der Waals surface area (Å²) in [6, 6.07) is 3.10. The fraction of sp³-hybridized carbons (Fsp3) is 0.400. The van der Waals surface area contributed by atoms with Gasteiger partial charge in [0.2, 0.25) is 0 Å². The monoisotopic (exact) mass is 303 g/mol. The van der Waals surface area contributed by atoms with Gasteiger partial charge in [-0.05, 0) is 12.1 Å². The van der Waals surface area contributed by atoms with Crippen molar-refractivity contribution in [2.75, 3.05) is 43.6 Å². The summed E-state index contributed by atoms with van der Waals surface area (Å²) in [6.07, 6.45) is 4.38. The van der Waals surface area contributed by atoms with E-state index in [0.29, 0.717) is 19.7 Å². The van der Waals surface area contributed by atoms with E-state index >= 15 is 0 Å². The summed E-state index contributed by atoms with van der Waals surface area (Å²) in [5.41, 5.74) is 0.805. The number of morpholine rings is 1. The van der Waals surface area contributed by atoms with Gasteiger partial charge in [0.05, 0.1) is 19.3 Å². The van der Waals surface area contributed by atoms with Gasteiger partial charge in [-0.15, -0.1) is 0 Å². The van der Waals surface area contributed by atoms with Crippen molar-refractivity contribution in [1.29, 1.82) is 0 Å². The van der Waals surface area contributed by atoms with Crippen molar-refractivity contribution in [2.45, 2.75) is 6.10 Å². The van der Waals surface area contributed by atoms with Gasteiger partial charge in [0.25, 0.3) is 0 Å². The van der Waals surface area contributed by atoms with Gasteiger partial charge in [-0.3, -0.25) is 4.98 Å². The van der Waals surface area contributed by atoms with Gasteiger partial charge in [-0.25, -0.2) is 14.4 Å². The number of pyridine rings is 1. The molecule has 0 saturated carbocycles. The van der Waals surface area contributed by atoms with Crippen LogP contribution in [0.5, 0.6) is 0 Å². The van der Waals surface area contributed by atoms with Crippen LogP contribution in [-0.2, 0) is 4.74 Å². The lowest BCUT2D eigenvalue weighted by Gasteiger charge is -2.34. The maximum absolute atomic E-state index is 13.0. The summed E-state index contributed by atoms with van der Waals surface area (Å²) < 4.78 is 18.9. The first-order chi connectivity index (χ1) is 10.6. The second kappa shape index (κ2) is 6.23. The molecule has 3 rings (SSSR count). The highest BCUT2D eigenvalue weighted by Gasteiger charge is 2.27. The second-order valence-corrected chi connectivity index (χ2v) is 5.30. The molecule has 0 radical (unpaired) electrons. The minimum Gasteiger partial charge on any atom is -0.368 e. The van der Waals surface area contributed by atoms with Crippen LogP contribution in [0.1, 0.15) is 11.8 Å². The van der Waals surface area contributed by atoms with Crippen molar-refractivity contribution in [3.8, 4) is 0 Å². The summed E-state index contributed by atoms with van der Waals surface area (Å²) in [7, 11) is 3.85. The van der Waals surface area contributed by atoms with Crippen molar-refractivity contribution in [3.63, 3.8) is 0 Å². The molecular weight excluding hydrogens is 285 g/mol. The van der Waals surface area contributed by atoms with Crippen molar-refractivity contribution in [1.82, 2.24) is 15.0 Å². The highest BCUT2D eigenvalue weighted by atomic mass is 19.1. The first-order valence-corrected chi connectivity index (χ1v) is 7.11. The Bertz CT molecular complexity index is 634. The Kier molecular flexibility index (Phi) is 4.15. The lowest BCUT2D eigenvalue weighted by atomic mass is 10.2. The largest absolute Gasteiger partial charge is 0.368 e. The van der Waals surface area contributed by atoms with Crippen LogP contribution in [0.15, 0.2) is 30.7 Å². The maximum atomic E-state index is 13.0. The van der Waals surface area contributed by atoms with Crippen molar-refractivity contribution in [3.05, 3.63) is 42.2 Å². The van der Waals surface area contributed by atoms with Gasteiger partial charge in [0, 0.05) is 33.0 Å². The molecule has 1 aliphatic heterocycles. The van der Waals surface area contributed by atoms with E-state index in [1.165, 1.54) is 12.3 Å². The van der Waals surface area contributed by atoms with Crippen LogP contribution in [0.4, 0.5) is 16.0 Å². The number of ether oxygens (including phenoxy) is 1. The van der Waals surface area contributed by atoms with E-state index in [9.17, 15) is 4.39 Å². The van der Waals surface area contributed by atoms with Crippen molar-refractivity contribution < 1.29 is 9.13 Å². The van der Waals surface area contributed by atoms with E-state index in [0.717, 1.165) is 17.3 Å². The van der Waals surface area contributed by atoms with Crippen LogP contribution in [0, 0.1) is 5.82 Å². The molecule has 1 aliphatic rings. The highest BCUT2D eigenvalue weighted by molar-refractivity contribution is 5.45. The summed E-state index contributed by atoms with van der Waals surface area (Å²) in [4.78, 5) is 16.9. The van der Waals surface area contributed by atoms with Crippen LogP contribution in [0.25, 0.3) is 0 Å². The first kappa shape index (κ1) is 14.6. The van der Waals surface area contributed by atoms with E-state index in [1.54, 1.807) is 18.5 Å². The van der Waals surface area contributed by atoms with Crippen LogP contribution >= 0.6 is 0 Å². The molecule has 0 aromatic carbocycles. The van der Waals surface area contributed by atoms with E-state index < -0.39 is 0 Å². The topological polar surface area (TPSA) is 54.4 Å². The van der Waals surface area contributed by atoms with Crippen molar-refractivity contribution >= 4 is 11.6 Å². The Morgan fingerprint density at radius 3 is 2.77 bits per heavy atom. The van der Waals surface area contributed by atoms with E-state index in [-0.39, 0.29) is 11.9 Å². The van der Waals surface area contributed by atoms with Gasteiger partial charge in [-0.2, -0.15) is 0 Å². The van der Waals surface area contributed by atoms with Gasteiger partial charge in [0.15, 0.2) is 5.82 Å². The molecule has 0 N–H and O–H groups in total. The highest BCUT2D eigenvalue weighted by Crippen LogP contribution is 2.28. The van der Waals surface area contributed by atoms with Gasteiger partial charge in [0.1, 0.15) is 23.4 Å². The molecule has 0 aliphatic carbocycles. The number of halogens is 1. The molecule has 7 heteroatoms. The summed E-state index contributed by atoms with van der Waals surface area (Å²) in [5.74, 6) is 1.20. The molecule has 0 unspecified atom stereocenters. The number of anilines is 2. The van der Waals surface area contributed by atoms with Gasteiger partial charge >= 0.3 is 0 Å². The quantitative estimate of drug-likeness (QED) is 0.859. The molecule has 1 saturated heterocycles. The summed E-state index contributed by atoms with van der Waals surface area (Å²) in [6.45, 7) is 1.89. The van der Waals surface area contributed by atoms with Gasteiger partial charge in [-0.1, -0.05) is 0 Å². The number of rotatable bonds is 3. The van der Waals surface area contributed by atoms with Gasteiger partial charge < -0.3 is 14.5 Å². The molecule has 2 aromatic heterocycles. The molecule has 0 amide bonds. The van der Waals surface area contributed by atoms with Crippen LogP contribution in [0.3, 0.4) is 0 Å². The smallest absolute Gasteiger partial charge is 0.152 e. The lowest BCUT2D eigenvalue weighted by molar-refractivity contribution is 0.0369. The fourth-order valence-corrected chi connectivity index (χ4v) is 2.49. The Balaban J connectivity index is 1.83. The minimum atomic E-state index is -0.336. The Labute approximate surface area is 128 Å². The molecule has 1 fully saturated rings. The second-order valence-electron chi connectivity index (χ2n) is 5.30. The predicted octanol–water partition coefficient (Wildman–Crippen LogP) is 1.65. The SMILES string of the molecule is CN(C)c1nccnc1[C@H]1CN(c2ccc(F)cn2)CCO1. The number of hydrogen-bond acceptors (Lipinski definition) is 6. The van der Waals surface area contributed by atoms with Crippen LogP contribution < -0.4 is 9.80 Å². The zero-order valence-corrected chi connectivity index (χ0v) is 12.6. The molecule has 6 nitrogen and oxygen atoms in total. The van der Waals surface area contributed by atoms with Crippen LogP contribution in [0.2, 0.25) is 0 Å². The molecule has 0 spiro atoms. The van der Waals surface area contributed by atoms with Crippen LogP contribution in [-0.4, -0.2) is 48.7 Å². The average Bonchev–Trinajstić information content (AvgIpc) is 2.55. The molecular formula is C15H18FN5O. The molecule has 116 valence electrons. The molecule has 22 heavy (non-hydrogen) atoms. The van der Waals surface area contributed by atoms with E-state index in [4.69, 9.17) is 4.74 Å².